The molecule has 1 aromatic carbocycles. The van der Waals surface area contributed by atoms with Crippen molar-refractivity contribution in [2.24, 2.45) is 5.41 Å². The highest BCUT2D eigenvalue weighted by Crippen LogP contribution is 2.44. The maximum atomic E-state index is 13.3. The van der Waals surface area contributed by atoms with Crippen LogP contribution in [-0.2, 0) is 11.2 Å². The molecule has 1 saturated carbocycles. The number of hydrogen-bond acceptors (Lipinski definition) is 2. The molecular weight excluding hydrogens is 238 g/mol. The Kier molecular flexibility index (Phi) is 3.28. The molecule has 0 atom stereocenters. The van der Waals surface area contributed by atoms with Crippen molar-refractivity contribution in [3.05, 3.63) is 35.4 Å². The lowest BCUT2D eigenvalue weighted by atomic mass is 10.1. The Morgan fingerprint density at radius 1 is 1.44 bits per heavy atom. The Bertz CT molecular complexity index is 518. The highest BCUT2D eigenvalue weighted by molar-refractivity contribution is 5.88. The molecule has 0 saturated heterocycles. The second-order valence-corrected chi connectivity index (χ2v) is 4.44. The minimum absolute atomic E-state index is 0.241. The van der Waals surface area contributed by atoms with Crippen LogP contribution in [0.15, 0.2) is 18.2 Å². The maximum Gasteiger partial charge on any atom is 0.240 e. The Balaban J connectivity index is 1.86. The first-order valence-corrected chi connectivity index (χ1v) is 5.71. The quantitative estimate of drug-likeness (QED) is 0.887. The van der Waals surface area contributed by atoms with E-state index in [2.05, 4.69) is 5.32 Å². The molecule has 0 radical (unpaired) electrons. The van der Waals surface area contributed by atoms with Crippen LogP contribution in [0.1, 0.15) is 18.4 Å². The summed E-state index contributed by atoms with van der Waals surface area (Å²) in [7, 11) is 0. The average Bonchev–Trinajstić information content (AvgIpc) is 3.12. The normalized spacial score (nSPS) is 15.8. The monoisotopic (exact) mass is 250 g/mol. The van der Waals surface area contributed by atoms with E-state index >= 15 is 0 Å². The lowest BCUT2D eigenvalue weighted by Crippen LogP contribution is -2.32. The zero-order valence-electron chi connectivity index (χ0n) is 9.67. The number of carbonyl (C=O) groups excluding carboxylic acids is 1. The molecule has 0 heterocycles. The van der Waals surface area contributed by atoms with Gasteiger partial charge in [0, 0.05) is 12.6 Å². The summed E-state index contributed by atoms with van der Waals surface area (Å²) in [6.07, 6.45) is 1.44. The largest absolute Gasteiger partial charge is 0.354 e. The number of amides is 1. The van der Waals surface area contributed by atoms with Crippen molar-refractivity contribution < 1.29 is 13.6 Å². The third-order valence-electron chi connectivity index (χ3n) is 3.09. The van der Waals surface area contributed by atoms with Gasteiger partial charge >= 0.3 is 0 Å². The number of carbonyl (C=O) groups is 1. The summed E-state index contributed by atoms with van der Waals surface area (Å²) in [5.74, 6) is -1.54. The summed E-state index contributed by atoms with van der Waals surface area (Å²) in [6, 6.07) is 5.33. The predicted molar refractivity (Wildman–Crippen MR) is 60.4 cm³/mol. The number of halogens is 2. The van der Waals surface area contributed by atoms with Crippen LogP contribution in [0, 0.1) is 28.4 Å². The maximum absolute atomic E-state index is 13.3. The van der Waals surface area contributed by atoms with Crippen LogP contribution in [0.5, 0.6) is 0 Å². The van der Waals surface area contributed by atoms with E-state index < -0.39 is 17.0 Å². The summed E-state index contributed by atoms with van der Waals surface area (Å²) in [5.41, 5.74) is -0.514. The van der Waals surface area contributed by atoms with Crippen molar-refractivity contribution in [2.75, 3.05) is 6.54 Å². The molecule has 0 spiro atoms. The molecule has 1 aliphatic carbocycles. The van der Waals surface area contributed by atoms with Gasteiger partial charge in [0.15, 0.2) is 0 Å². The van der Waals surface area contributed by atoms with E-state index in [1.165, 1.54) is 12.1 Å². The summed E-state index contributed by atoms with van der Waals surface area (Å²) in [5, 5.41) is 11.4. The second kappa shape index (κ2) is 4.73. The van der Waals surface area contributed by atoms with E-state index in [9.17, 15) is 13.6 Å². The van der Waals surface area contributed by atoms with Crippen LogP contribution in [0.3, 0.4) is 0 Å². The van der Waals surface area contributed by atoms with Crippen molar-refractivity contribution in [3.8, 4) is 6.07 Å². The highest BCUT2D eigenvalue weighted by atomic mass is 19.1. The van der Waals surface area contributed by atoms with Crippen molar-refractivity contribution >= 4 is 5.91 Å². The molecule has 0 bridgehead atoms. The number of nitriles is 1. The number of nitrogens with one attached hydrogen (secondary N) is 1. The molecule has 94 valence electrons. The molecule has 0 unspecified atom stereocenters. The van der Waals surface area contributed by atoms with E-state index in [1.54, 1.807) is 0 Å². The third kappa shape index (κ3) is 2.48. The van der Waals surface area contributed by atoms with E-state index in [4.69, 9.17) is 5.26 Å². The zero-order valence-corrected chi connectivity index (χ0v) is 9.67. The Morgan fingerprint density at radius 3 is 2.72 bits per heavy atom. The van der Waals surface area contributed by atoms with Crippen LogP contribution >= 0.6 is 0 Å². The standard InChI is InChI=1S/C13H12F2N2O/c14-10-2-1-9(11(15)7-10)3-6-17-12(18)13(8-16)4-5-13/h1-2,7H,3-6H2,(H,17,18). The zero-order chi connectivity index (χ0) is 13.2. The Hall–Kier alpha value is -1.96. The first-order chi connectivity index (χ1) is 8.57. The number of hydrogen-bond donors (Lipinski definition) is 1. The van der Waals surface area contributed by atoms with Gasteiger partial charge in [0.2, 0.25) is 5.91 Å². The molecule has 2 rings (SSSR count). The lowest BCUT2D eigenvalue weighted by molar-refractivity contribution is -0.124. The average molecular weight is 250 g/mol. The SMILES string of the molecule is N#CC1(C(=O)NCCc2ccc(F)cc2F)CC1. The Morgan fingerprint density at radius 2 is 2.17 bits per heavy atom. The molecule has 1 aromatic rings. The van der Waals surface area contributed by atoms with Gasteiger partial charge in [-0.2, -0.15) is 5.26 Å². The van der Waals surface area contributed by atoms with Gasteiger partial charge in [-0.1, -0.05) is 6.07 Å². The van der Waals surface area contributed by atoms with E-state index in [-0.39, 0.29) is 18.9 Å². The van der Waals surface area contributed by atoms with E-state index in [0.717, 1.165) is 6.07 Å². The first kappa shape index (κ1) is 12.5. The van der Waals surface area contributed by atoms with Crippen LogP contribution in [0.25, 0.3) is 0 Å². The molecule has 1 fully saturated rings. The van der Waals surface area contributed by atoms with Gasteiger partial charge in [0.1, 0.15) is 17.0 Å². The van der Waals surface area contributed by atoms with Gasteiger partial charge in [-0.3, -0.25) is 4.79 Å². The molecule has 0 aliphatic heterocycles. The molecule has 18 heavy (non-hydrogen) atoms. The first-order valence-electron chi connectivity index (χ1n) is 5.71. The van der Waals surface area contributed by atoms with Gasteiger partial charge < -0.3 is 5.32 Å². The fourth-order valence-electron chi connectivity index (χ4n) is 1.72. The minimum atomic E-state index is -0.860. The molecule has 3 nitrogen and oxygen atoms in total. The third-order valence-corrected chi connectivity index (χ3v) is 3.09. The molecular formula is C13H12F2N2O. The van der Waals surface area contributed by atoms with Gasteiger partial charge in [-0.15, -0.1) is 0 Å². The molecule has 5 heteroatoms. The molecule has 1 amide bonds. The van der Waals surface area contributed by atoms with Gasteiger partial charge in [0.25, 0.3) is 0 Å². The van der Waals surface area contributed by atoms with Crippen molar-refractivity contribution in [1.82, 2.24) is 5.32 Å². The van der Waals surface area contributed by atoms with E-state index in [1.807, 2.05) is 6.07 Å². The lowest BCUT2D eigenvalue weighted by Gasteiger charge is -2.08. The smallest absolute Gasteiger partial charge is 0.240 e. The number of rotatable bonds is 4. The van der Waals surface area contributed by atoms with Gasteiger partial charge in [0.05, 0.1) is 6.07 Å². The minimum Gasteiger partial charge on any atom is -0.354 e. The summed E-state index contributed by atoms with van der Waals surface area (Å²) >= 11 is 0. The van der Waals surface area contributed by atoms with Gasteiger partial charge in [-0.05, 0) is 30.9 Å². The predicted octanol–water partition coefficient (Wildman–Crippen LogP) is 1.93. The van der Waals surface area contributed by atoms with Crippen molar-refractivity contribution in [1.29, 1.82) is 5.26 Å². The van der Waals surface area contributed by atoms with Crippen LogP contribution in [-0.4, -0.2) is 12.5 Å². The molecule has 0 aromatic heterocycles. The second-order valence-electron chi connectivity index (χ2n) is 4.44. The van der Waals surface area contributed by atoms with E-state index in [0.29, 0.717) is 18.4 Å². The summed E-state index contributed by atoms with van der Waals surface area (Å²) in [6.45, 7) is 0.241. The van der Waals surface area contributed by atoms with Crippen LogP contribution in [0.4, 0.5) is 8.78 Å². The fraction of sp³-hybridized carbons (Fsp3) is 0.385. The van der Waals surface area contributed by atoms with Crippen LogP contribution in [0.2, 0.25) is 0 Å². The summed E-state index contributed by atoms with van der Waals surface area (Å²) in [4.78, 5) is 11.6. The van der Waals surface area contributed by atoms with Crippen molar-refractivity contribution in [3.63, 3.8) is 0 Å². The van der Waals surface area contributed by atoms with Crippen LogP contribution < -0.4 is 5.32 Å². The molecule has 1 N–H and O–H groups in total. The number of nitrogens with zero attached hydrogens (tertiary/aromatic N) is 1. The topological polar surface area (TPSA) is 52.9 Å². The molecule has 1 aliphatic rings. The number of benzene rings is 1. The Labute approximate surface area is 103 Å². The van der Waals surface area contributed by atoms with Gasteiger partial charge in [-0.25, -0.2) is 8.78 Å². The fourth-order valence-corrected chi connectivity index (χ4v) is 1.72. The summed E-state index contributed by atoms with van der Waals surface area (Å²) < 4.78 is 25.9. The highest BCUT2D eigenvalue weighted by Gasteiger charge is 2.50. The van der Waals surface area contributed by atoms with Crippen molar-refractivity contribution in [2.45, 2.75) is 19.3 Å².